The van der Waals surface area contributed by atoms with Crippen molar-refractivity contribution in [2.75, 3.05) is 27.3 Å². The number of carbonyl (C=O) groups excluding carboxylic acids is 1. The molecule has 0 heterocycles. The van der Waals surface area contributed by atoms with E-state index in [1.54, 1.807) is 19.0 Å². The highest BCUT2D eigenvalue weighted by Crippen LogP contribution is 2.00. The van der Waals surface area contributed by atoms with Crippen LogP contribution in [-0.2, 0) is 9.53 Å². The summed E-state index contributed by atoms with van der Waals surface area (Å²) in [5.41, 5.74) is 0. The Morgan fingerprint density at radius 2 is 2.08 bits per heavy atom. The predicted molar refractivity (Wildman–Crippen MR) is 49.0 cm³/mol. The van der Waals surface area contributed by atoms with Crippen molar-refractivity contribution in [1.82, 2.24) is 4.90 Å². The first kappa shape index (κ1) is 11.4. The highest BCUT2D eigenvalue weighted by molar-refractivity contribution is 5.77. The maximum atomic E-state index is 11.3. The number of hydrogen-bond acceptors (Lipinski definition) is 2. The standard InChI is InChI=1S/C9H19NO2/c1-5-6-12-7-8(2)9(11)10(3)4/h8H,5-7H2,1-4H3. The summed E-state index contributed by atoms with van der Waals surface area (Å²) in [4.78, 5) is 12.9. The average Bonchev–Trinajstić information content (AvgIpc) is 2.03. The van der Waals surface area contributed by atoms with Gasteiger partial charge in [-0.1, -0.05) is 13.8 Å². The first-order valence-corrected chi connectivity index (χ1v) is 4.38. The molecule has 0 saturated heterocycles. The van der Waals surface area contributed by atoms with E-state index in [0.29, 0.717) is 6.61 Å². The van der Waals surface area contributed by atoms with Gasteiger partial charge in [-0.3, -0.25) is 4.79 Å². The van der Waals surface area contributed by atoms with Crippen molar-refractivity contribution in [3.05, 3.63) is 0 Å². The third kappa shape index (κ3) is 4.34. The molecule has 1 amide bonds. The average molecular weight is 173 g/mol. The Bertz CT molecular complexity index is 134. The van der Waals surface area contributed by atoms with Crippen LogP contribution < -0.4 is 0 Å². The van der Waals surface area contributed by atoms with Crippen LogP contribution in [0.2, 0.25) is 0 Å². The van der Waals surface area contributed by atoms with Crippen molar-refractivity contribution in [2.24, 2.45) is 5.92 Å². The molecule has 72 valence electrons. The van der Waals surface area contributed by atoms with Crippen molar-refractivity contribution in [3.8, 4) is 0 Å². The minimum atomic E-state index is -0.0217. The molecular weight excluding hydrogens is 154 g/mol. The van der Waals surface area contributed by atoms with Gasteiger partial charge >= 0.3 is 0 Å². The SMILES string of the molecule is CCCOCC(C)C(=O)N(C)C. The van der Waals surface area contributed by atoms with E-state index in [-0.39, 0.29) is 11.8 Å². The fourth-order valence-corrected chi connectivity index (χ4v) is 0.917. The summed E-state index contributed by atoms with van der Waals surface area (Å²) in [5, 5.41) is 0. The van der Waals surface area contributed by atoms with Crippen LogP contribution in [0.25, 0.3) is 0 Å². The van der Waals surface area contributed by atoms with E-state index in [0.717, 1.165) is 13.0 Å². The summed E-state index contributed by atoms with van der Waals surface area (Å²) in [6.45, 7) is 5.21. The summed E-state index contributed by atoms with van der Waals surface area (Å²) in [7, 11) is 3.53. The van der Waals surface area contributed by atoms with Crippen LogP contribution in [0.5, 0.6) is 0 Å². The molecule has 0 aromatic heterocycles. The molecule has 0 aliphatic rings. The second kappa shape index (κ2) is 6.00. The first-order chi connectivity index (χ1) is 5.59. The largest absolute Gasteiger partial charge is 0.381 e. The molecule has 0 N–H and O–H groups in total. The lowest BCUT2D eigenvalue weighted by molar-refractivity contribution is -0.134. The number of ether oxygens (including phenoxy) is 1. The molecule has 1 unspecified atom stereocenters. The van der Waals surface area contributed by atoms with E-state index in [1.807, 2.05) is 6.92 Å². The monoisotopic (exact) mass is 173 g/mol. The lowest BCUT2D eigenvalue weighted by atomic mass is 10.2. The molecule has 0 aromatic carbocycles. The van der Waals surface area contributed by atoms with Crippen LogP contribution >= 0.6 is 0 Å². The number of amides is 1. The van der Waals surface area contributed by atoms with Crippen LogP contribution in [0.15, 0.2) is 0 Å². The Kier molecular flexibility index (Phi) is 5.72. The minimum absolute atomic E-state index is 0.0217. The summed E-state index contributed by atoms with van der Waals surface area (Å²) in [6, 6.07) is 0. The molecule has 0 fully saturated rings. The fourth-order valence-electron chi connectivity index (χ4n) is 0.917. The Balaban J connectivity index is 3.57. The smallest absolute Gasteiger partial charge is 0.227 e. The van der Waals surface area contributed by atoms with E-state index in [4.69, 9.17) is 4.74 Å². The van der Waals surface area contributed by atoms with Gasteiger partial charge in [-0.2, -0.15) is 0 Å². The molecule has 3 heteroatoms. The molecule has 0 aliphatic carbocycles. The van der Waals surface area contributed by atoms with Crippen molar-refractivity contribution < 1.29 is 9.53 Å². The molecule has 1 atom stereocenters. The summed E-state index contributed by atoms with van der Waals surface area (Å²) in [6.07, 6.45) is 1.00. The van der Waals surface area contributed by atoms with Gasteiger partial charge in [0.25, 0.3) is 0 Å². The van der Waals surface area contributed by atoms with Crippen LogP contribution in [0.4, 0.5) is 0 Å². The highest BCUT2D eigenvalue weighted by atomic mass is 16.5. The third-order valence-corrected chi connectivity index (χ3v) is 1.58. The Labute approximate surface area is 74.7 Å². The Morgan fingerprint density at radius 1 is 1.50 bits per heavy atom. The molecule has 0 saturated carbocycles. The minimum Gasteiger partial charge on any atom is -0.381 e. The van der Waals surface area contributed by atoms with Crippen molar-refractivity contribution in [3.63, 3.8) is 0 Å². The van der Waals surface area contributed by atoms with Crippen LogP contribution in [0.1, 0.15) is 20.3 Å². The van der Waals surface area contributed by atoms with Gasteiger partial charge in [0.2, 0.25) is 5.91 Å². The molecule has 0 bridgehead atoms. The summed E-state index contributed by atoms with van der Waals surface area (Å²) in [5.74, 6) is 0.109. The molecule has 0 rings (SSSR count). The molecular formula is C9H19NO2. The van der Waals surface area contributed by atoms with Crippen molar-refractivity contribution in [2.45, 2.75) is 20.3 Å². The highest BCUT2D eigenvalue weighted by Gasteiger charge is 2.13. The second-order valence-electron chi connectivity index (χ2n) is 3.21. The zero-order valence-corrected chi connectivity index (χ0v) is 8.46. The third-order valence-electron chi connectivity index (χ3n) is 1.58. The van der Waals surface area contributed by atoms with Gasteiger partial charge < -0.3 is 9.64 Å². The van der Waals surface area contributed by atoms with Gasteiger partial charge in [0.05, 0.1) is 12.5 Å². The number of hydrogen-bond donors (Lipinski definition) is 0. The normalized spacial score (nSPS) is 12.7. The maximum absolute atomic E-state index is 11.3. The second-order valence-corrected chi connectivity index (χ2v) is 3.21. The van der Waals surface area contributed by atoms with Crippen LogP contribution in [-0.4, -0.2) is 38.1 Å². The molecule has 0 radical (unpaired) electrons. The van der Waals surface area contributed by atoms with E-state index in [2.05, 4.69) is 6.92 Å². The molecule has 3 nitrogen and oxygen atoms in total. The van der Waals surface area contributed by atoms with Crippen LogP contribution in [0, 0.1) is 5.92 Å². The first-order valence-electron chi connectivity index (χ1n) is 4.38. The van der Waals surface area contributed by atoms with Gasteiger partial charge in [-0.15, -0.1) is 0 Å². The lowest BCUT2D eigenvalue weighted by Crippen LogP contribution is -2.30. The predicted octanol–water partition coefficient (Wildman–Crippen LogP) is 1.14. The summed E-state index contributed by atoms with van der Waals surface area (Å²) < 4.78 is 5.27. The molecule has 0 spiro atoms. The Morgan fingerprint density at radius 3 is 2.50 bits per heavy atom. The fraction of sp³-hybridized carbons (Fsp3) is 0.889. The lowest BCUT2D eigenvalue weighted by Gasteiger charge is -2.16. The number of carbonyl (C=O) groups is 1. The van der Waals surface area contributed by atoms with Gasteiger partial charge in [-0.25, -0.2) is 0 Å². The molecule has 12 heavy (non-hydrogen) atoms. The van der Waals surface area contributed by atoms with Gasteiger partial charge in [0.1, 0.15) is 0 Å². The zero-order chi connectivity index (χ0) is 9.56. The molecule has 0 aliphatic heterocycles. The number of nitrogens with zero attached hydrogens (tertiary/aromatic N) is 1. The summed E-state index contributed by atoms with van der Waals surface area (Å²) >= 11 is 0. The van der Waals surface area contributed by atoms with Crippen LogP contribution in [0.3, 0.4) is 0 Å². The van der Waals surface area contributed by atoms with E-state index in [1.165, 1.54) is 0 Å². The van der Waals surface area contributed by atoms with E-state index < -0.39 is 0 Å². The zero-order valence-electron chi connectivity index (χ0n) is 8.46. The Hall–Kier alpha value is -0.570. The van der Waals surface area contributed by atoms with Gasteiger partial charge in [0.15, 0.2) is 0 Å². The maximum Gasteiger partial charge on any atom is 0.227 e. The molecule has 0 aromatic rings. The van der Waals surface area contributed by atoms with Crippen molar-refractivity contribution in [1.29, 1.82) is 0 Å². The quantitative estimate of drug-likeness (QED) is 0.583. The van der Waals surface area contributed by atoms with Crippen molar-refractivity contribution >= 4 is 5.91 Å². The topological polar surface area (TPSA) is 29.5 Å². The number of rotatable bonds is 5. The van der Waals surface area contributed by atoms with E-state index in [9.17, 15) is 4.79 Å². The van der Waals surface area contributed by atoms with Gasteiger partial charge in [-0.05, 0) is 6.42 Å². The van der Waals surface area contributed by atoms with Gasteiger partial charge in [0, 0.05) is 20.7 Å². The van der Waals surface area contributed by atoms with E-state index >= 15 is 0 Å².